The minimum atomic E-state index is -0.386. The topological polar surface area (TPSA) is 92.9 Å². The van der Waals surface area contributed by atoms with Crippen molar-refractivity contribution in [3.63, 3.8) is 0 Å². The quantitative estimate of drug-likeness (QED) is 0.819. The van der Waals surface area contributed by atoms with E-state index < -0.39 is 0 Å². The maximum absolute atomic E-state index is 9.94. The van der Waals surface area contributed by atoms with E-state index >= 15 is 0 Å². The lowest BCUT2D eigenvalue weighted by Crippen LogP contribution is -2.52. The second-order valence-electron chi connectivity index (χ2n) is 7.80. The van der Waals surface area contributed by atoms with Crippen LogP contribution < -0.4 is 4.90 Å². The fourth-order valence-corrected chi connectivity index (χ4v) is 4.50. The molecule has 4 atom stereocenters. The summed E-state index contributed by atoms with van der Waals surface area (Å²) < 4.78 is 6.17. The molecule has 1 aromatic carbocycles. The standard InChI is InChI=1S/C21H26N4O3/c1-14-9-25(12-18(28-14)11-24-10-17(27)7-16(24)13-26)20-5-4-15(8-22)21-19(20)3-2-6-23-21/h2-6,14,16-18,26-27H,7,9-13H2,1H3/t14-,16+,17-,18+/m1/s1. The Morgan fingerprint density at radius 3 is 2.93 bits per heavy atom. The molecule has 28 heavy (non-hydrogen) atoms. The van der Waals surface area contributed by atoms with Gasteiger partial charge in [0, 0.05) is 49.5 Å². The van der Waals surface area contributed by atoms with Crippen molar-refractivity contribution in [1.82, 2.24) is 9.88 Å². The maximum Gasteiger partial charge on any atom is 0.101 e. The molecule has 1 aromatic heterocycles. The number of anilines is 1. The number of rotatable bonds is 4. The first kappa shape index (κ1) is 19.1. The molecule has 0 spiro atoms. The van der Waals surface area contributed by atoms with Crippen LogP contribution in [0.25, 0.3) is 10.9 Å². The number of ether oxygens (including phenoxy) is 1. The molecule has 3 heterocycles. The number of fused-ring (bicyclic) bond motifs is 1. The average Bonchev–Trinajstić information content (AvgIpc) is 3.05. The molecule has 0 aliphatic carbocycles. The predicted octanol–water partition coefficient (Wildman–Crippen LogP) is 1.13. The molecule has 2 fully saturated rings. The van der Waals surface area contributed by atoms with Gasteiger partial charge in [0.15, 0.2) is 0 Å². The molecule has 7 nitrogen and oxygen atoms in total. The van der Waals surface area contributed by atoms with Crippen LogP contribution in [0.3, 0.4) is 0 Å². The molecule has 4 rings (SSSR count). The lowest BCUT2D eigenvalue weighted by Gasteiger charge is -2.40. The molecule has 2 saturated heterocycles. The van der Waals surface area contributed by atoms with Crippen molar-refractivity contribution in [3.05, 3.63) is 36.0 Å². The predicted molar refractivity (Wildman–Crippen MR) is 106 cm³/mol. The first-order chi connectivity index (χ1) is 13.6. The van der Waals surface area contributed by atoms with Gasteiger partial charge in [-0.3, -0.25) is 9.88 Å². The number of hydrogen-bond acceptors (Lipinski definition) is 7. The van der Waals surface area contributed by atoms with Crippen molar-refractivity contribution in [1.29, 1.82) is 5.26 Å². The Bertz CT molecular complexity index is 884. The van der Waals surface area contributed by atoms with Crippen molar-refractivity contribution >= 4 is 16.6 Å². The Hall–Kier alpha value is -2.24. The number of aliphatic hydroxyl groups excluding tert-OH is 2. The molecule has 148 valence electrons. The normalized spacial score (nSPS) is 28.6. The van der Waals surface area contributed by atoms with E-state index in [-0.39, 0.29) is 31.0 Å². The largest absolute Gasteiger partial charge is 0.395 e. The fraction of sp³-hybridized carbons (Fsp3) is 0.524. The Morgan fingerprint density at radius 2 is 2.14 bits per heavy atom. The van der Waals surface area contributed by atoms with E-state index in [1.54, 1.807) is 6.20 Å². The number of aromatic nitrogens is 1. The van der Waals surface area contributed by atoms with Crippen molar-refractivity contribution in [2.75, 3.05) is 37.7 Å². The van der Waals surface area contributed by atoms with Crippen LogP contribution in [0.5, 0.6) is 0 Å². The van der Waals surface area contributed by atoms with E-state index in [0.29, 0.717) is 31.6 Å². The van der Waals surface area contributed by atoms with Crippen molar-refractivity contribution < 1.29 is 14.9 Å². The van der Waals surface area contributed by atoms with Gasteiger partial charge in [-0.1, -0.05) is 0 Å². The van der Waals surface area contributed by atoms with Gasteiger partial charge < -0.3 is 19.8 Å². The Balaban J connectivity index is 1.58. The molecule has 0 bridgehead atoms. The van der Waals surface area contributed by atoms with Gasteiger partial charge in [0.1, 0.15) is 6.07 Å². The van der Waals surface area contributed by atoms with Crippen LogP contribution in [0.15, 0.2) is 30.5 Å². The summed E-state index contributed by atoms with van der Waals surface area (Å²) in [5.74, 6) is 0. The summed E-state index contributed by atoms with van der Waals surface area (Å²) in [6.45, 7) is 4.84. The Kier molecular flexibility index (Phi) is 5.47. The van der Waals surface area contributed by atoms with Crippen molar-refractivity contribution in [2.45, 2.75) is 37.7 Å². The maximum atomic E-state index is 9.94. The smallest absolute Gasteiger partial charge is 0.101 e. The number of hydrogen-bond donors (Lipinski definition) is 2. The highest BCUT2D eigenvalue weighted by molar-refractivity contribution is 5.95. The third kappa shape index (κ3) is 3.69. The molecule has 0 amide bonds. The number of likely N-dealkylation sites (tertiary alicyclic amines) is 1. The fourth-order valence-electron chi connectivity index (χ4n) is 4.50. The molecule has 7 heteroatoms. The van der Waals surface area contributed by atoms with E-state index in [2.05, 4.69) is 27.8 Å². The summed E-state index contributed by atoms with van der Waals surface area (Å²) in [5.41, 5.74) is 2.36. The zero-order valence-electron chi connectivity index (χ0n) is 16.0. The summed E-state index contributed by atoms with van der Waals surface area (Å²) in [5, 5.41) is 29.9. The van der Waals surface area contributed by atoms with Crippen molar-refractivity contribution in [3.8, 4) is 6.07 Å². The van der Waals surface area contributed by atoms with Gasteiger partial charge >= 0.3 is 0 Å². The van der Waals surface area contributed by atoms with Crippen LogP contribution >= 0.6 is 0 Å². The number of benzene rings is 1. The monoisotopic (exact) mass is 382 g/mol. The molecule has 2 aliphatic heterocycles. The lowest BCUT2D eigenvalue weighted by molar-refractivity contribution is -0.0370. The molecule has 0 unspecified atom stereocenters. The number of nitrogens with zero attached hydrogens (tertiary/aromatic N) is 4. The second kappa shape index (κ2) is 8.02. The summed E-state index contributed by atoms with van der Waals surface area (Å²) >= 11 is 0. The highest BCUT2D eigenvalue weighted by atomic mass is 16.5. The van der Waals surface area contributed by atoms with Gasteiger partial charge in [0.05, 0.1) is 36.0 Å². The number of morpholine rings is 1. The molecule has 0 radical (unpaired) electrons. The second-order valence-corrected chi connectivity index (χ2v) is 7.80. The van der Waals surface area contributed by atoms with Gasteiger partial charge in [0.2, 0.25) is 0 Å². The van der Waals surface area contributed by atoms with Crippen molar-refractivity contribution in [2.24, 2.45) is 0 Å². The number of aliphatic hydroxyl groups is 2. The van der Waals surface area contributed by atoms with E-state index in [1.165, 1.54) is 0 Å². The van der Waals surface area contributed by atoms with E-state index in [9.17, 15) is 15.5 Å². The third-order valence-electron chi connectivity index (χ3n) is 5.69. The van der Waals surface area contributed by atoms with Crippen LogP contribution in [-0.4, -0.2) is 77.2 Å². The van der Waals surface area contributed by atoms with Crippen LogP contribution in [0.4, 0.5) is 5.69 Å². The van der Waals surface area contributed by atoms with E-state index in [4.69, 9.17) is 4.74 Å². The lowest BCUT2D eigenvalue weighted by atomic mass is 10.1. The first-order valence-corrected chi connectivity index (χ1v) is 9.80. The number of pyridine rings is 1. The van der Waals surface area contributed by atoms with Crippen LogP contribution in [-0.2, 0) is 4.74 Å². The van der Waals surface area contributed by atoms with E-state index in [1.807, 2.05) is 24.3 Å². The SMILES string of the molecule is C[C@@H]1CN(c2ccc(C#N)c3ncccc23)C[C@H](CN2C[C@H](O)C[C@H]2CO)O1. The third-order valence-corrected chi connectivity index (χ3v) is 5.69. The van der Waals surface area contributed by atoms with E-state index in [0.717, 1.165) is 23.1 Å². The summed E-state index contributed by atoms with van der Waals surface area (Å²) in [6.07, 6.45) is 1.97. The molecular weight excluding hydrogens is 356 g/mol. The molecule has 2 aliphatic rings. The molecule has 0 saturated carbocycles. The summed E-state index contributed by atoms with van der Waals surface area (Å²) in [4.78, 5) is 8.84. The average molecular weight is 382 g/mol. The van der Waals surface area contributed by atoms with Gasteiger partial charge in [-0.2, -0.15) is 5.26 Å². The highest BCUT2D eigenvalue weighted by Gasteiger charge is 2.34. The number of β-amino-alcohol motifs (C(OH)–C–C–N with tert-alkyl or cyclic N) is 1. The zero-order chi connectivity index (χ0) is 19.7. The first-order valence-electron chi connectivity index (χ1n) is 9.80. The van der Waals surface area contributed by atoms with Gasteiger partial charge in [0.25, 0.3) is 0 Å². The molecule has 2 aromatic rings. The van der Waals surface area contributed by atoms with Gasteiger partial charge in [-0.15, -0.1) is 0 Å². The Morgan fingerprint density at radius 1 is 1.29 bits per heavy atom. The minimum Gasteiger partial charge on any atom is -0.395 e. The zero-order valence-corrected chi connectivity index (χ0v) is 16.0. The Labute approximate surface area is 164 Å². The summed E-state index contributed by atoms with van der Waals surface area (Å²) in [6, 6.07) is 9.94. The molecular formula is C21H26N4O3. The molecule has 2 N–H and O–H groups in total. The van der Waals surface area contributed by atoms with Crippen LogP contribution in [0.2, 0.25) is 0 Å². The van der Waals surface area contributed by atoms with Gasteiger partial charge in [-0.05, 0) is 37.6 Å². The van der Waals surface area contributed by atoms with Gasteiger partial charge in [-0.25, -0.2) is 0 Å². The van der Waals surface area contributed by atoms with Crippen LogP contribution in [0.1, 0.15) is 18.9 Å². The van der Waals surface area contributed by atoms with Crippen LogP contribution in [0, 0.1) is 11.3 Å². The number of nitriles is 1. The highest BCUT2D eigenvalue weighted by Crippen LogP contribution is 2.30. The summed E-state index contributed by atoms with van der Waals surface area (Å²) in [7, 11) is 0. The minimum absolute atomic E-state index is 0.00998.